The van der Waals surface area contributed by atoms with Gasteiger partial charge >= 0.3 is 0 Å². The summed E-state index contributed by atoms with van der Waals surface area (Å²) < 4.78 is 1.96. The van der Waals surface area contributed by atoms with Crippen LogP contribution < -0.4 is 5.32 Å². The Hall–Kier alpha value is -0.910. The molecule has 1 atom stereocenters. The summed E-state index contributed by atoms with van der Waals surface area (Å²) in [4.78, 5) is 5.77. The first-order chi connectivity index (χ1) is 9.43. The third-order valence-electron chi connectivity index (χ3n) is 3.36. The average molecular weight is 313 g/mol. The lowest BCUT2D eigenvalue weighted by atomic mass is 10.2. The molecule has 0 amide bonds. The lowest BCUT2D eigenvalue weighted by Gasteiger charge is -2.14. The van der Waals surface area contributed by atoms with Crippen LogP contribution in [0, 0.1) is 20.8 Å². The zero-order valence-electron chi connectivity index (χ0n) is 12.6. The van der Waals surface area contributed by atoms with E-state index < -0.39 is 0 Å². The van der Waals surface area contributed by atoms with Crippen LogP contribution in [0.15, 0.2) is 0 Å². The largest absolute Gasteiger partial charge is 0.304 e. The van der Waals surface area contributed by atoms with E-state index in [0.29, 0.717) is 6.54 Å². The lowest BCUT2D eigenvalue weighted by molar-refractivity contribution is 0.534. The first-order valence-corrected chi connectivity index (χ1v) is 8.02. The van der Waals surface area contributed by atoms with Gasteiger partial charge in [-0.05, 0) is 34.6 Å². The Balaban J connectivity index is 2.11. The van der Waals surface area contributed by atoms with Crippen molar-refractivity contribution in [2.24, 2.45) is 0 Å². The van der Waals surface area contributed by atoms with Crippen LogP contribution in [0.1, 0.15) is 46.9 Å². The molecule has 0 saturated heterocycles. The molecule has 0 aromatic carbocycles. The highest BCUT2D eigenvalue weighted by molar-refractivity contribution is 7.11. The van der Waals surface area contributed by atoms with Crippen molar-refractivity contribution in [3.63, 3.8) is 0 Å². The highest BCUT2D eigenvalue weighted by Gasteiger charge is 2.16. The van der Waals surface area contributed by atoms with Crippen molar-refractivity contribution in [2.45, 2.75) is 53.8 Å². The molecule has 0 aliphatic carbocycles. The second-order valence-electron chi connectivity index (χ2n) is 4.95. The van der Waals surface area contributed by atoms with E-state index in [0.717, 1.165) is 33.7 Å². The number of nitrogens with zero attached hydrogens (tertiary/aromatic N) is 3. The van der Waals surface area contributed by atoms with Gasteiger partial charge in [0.25, 0.3) is 0 Å². The van der Waals surface area contributed by atoms with E-state index in [1.165, 1.54) is 4.88 Å². The fraction of sp³-hybridized carbons (Fsp3) is 0.571. The second kappa shape index (κ2) is 6.24. The third-order valence-corrected chi connectivity index (χ3v) is 5.11. The number of aromatic nitrogens is 3. The molecule has 2 aromatic heterocycles. The molecule has 0 aliphatic heterocycles. The number of hydrogen-bond donors (Lipinski definition) is 1. The summed E-state index contributed by atoms with van der Waals surface area (Å²) in [6.45, 7) is 11.8. The molecule has 2 heterocycles. The predicted molar refractivity (Wildman–Crippen MR) is 84.5 cm³/mol. The quantitative estimate of drug-likeness (QED) is 0.913. The summed E-state index contributed by atoms with van der Waals surface area (Å²) in [7, 11) is 0. The number of rotatable bonds is 5. The molecule has 0 aliphatic rings. The van der Waals surface area contributed by atoms with Gasteiger partial charge in [0.15, 0.2) is 0 Å². The zero-order valence-corrected chi connectivity index (χ0v) is 14.2. The molecule has 0 bridgehead atoms. The SMILES string of the molecule is CCn1nc(C)c(Cl)c1CNC(C)c1sc(C)nc1C. The minimum absolute atomic E-state index is 0.262. The minimum Gasteiger partial charge on any atom is -0.304 e. The molecule has 1 N–H and O–H groups in total. The number of halogens is 1. The first kappa shape index (κ1) is 15.5. The zero-order chi connectivity index (χ0) is 14.9. The van der Waals surface area contributed by atoms with Gasteiger partial charge < -0.3 is 5.32 Å². The molecule has 0 radical (unpaired) electrons. The molecule has 1 unspecified atom stereocenters. The molecule has 4 nitrogen and oxygen atoms in total. The molecule has 6 heteroatoms. The highest BCUT2D eigenvalue weighted by atomic mass is 35.5. The van der Waals surface area contributed by atoms with E-state index in [-0.39, 0.29) is 6.04 Å². The number of thiazole rings is 1. The molecule has 20 heavy (non-hydrogen) atoms. The Morgan fingerprint density at radius 2 is 2.00 bits per heavy atom. The number of nitrogens with one attached hydrogen (secondary N) is 1. The van der Waals surface area contributed by atoms with Crippen molar-refractivity contribution < 1.29 is 0 Å². The Labute approximate surface area is 129 Å². The molecule has 0 spiro atoms. The van der Waals surface area contributed by atoms with Gasteiger partial charge in [-0.2, -0.15) is 5.10 Å². The summed E-state index contributed by atoms with van der Waals surface area (Å²) in [5.74, 6) is 0. The molecule has 0 saturated carbocycles. The standard InChI is InChI=1S/C14H21ClN4S/c1-6-19-12(13(15)8(2)18-19)7-16-9(3)14-10(4)17-11(5)20-14/h9,16H,6-7H2,1-5H3. The van der Waals surface area contributed by atoms with Crippen molar-refractivity contribution >= 4 is 22.9 Å². The summed E-state index contributed by atoms with van der Waals surface area (Å²) in [5, 5.41) is 9.84. The first-order valence-electron chi connectivity index (χ1n) is 6.83. The van der Waals surface area contributed by atoms with Crippen molar-refractivity contribution in [1.29, 1.82) is 0 Å². The van der Waals surface area contributed by atoms with E-state index in [2.05, 4.69) is 36.2 Å². The summed E-state index contributed by atoms with van der Waals surface area (Å²) in [6, 6.07) is 0.262. The normalized spacial score (nSPS) is 12.9. The van der Waals surface area contributed by atoms with Crippen LogP contribution in [0.4, 0.5) is 0 Å². The molecule has 110 valence electrons. The van der Waals surface area contributed by atoms with Crippen molar-refractivity contribution in [3.05, 3.63) is 32.0 Å². The average Bonchev–Trinajstić information content (AvgIpc) is 2.88. The van der Waals surface area contributed by atoms with Gasteiger partial charge in [-0.25, -0.2) is 4.98 Å². The van der Waals surface area contributed by atoms with Crippen LogP contribution >= 0.6 is 22.9 Å². The van der Waals surface area contributed by atoms with Gasteiger partial charge in [-0.1, -0.05) is 11.6 Å². The van der Waals surface area contributed by atoms with Crippen LogP contribution in [0.5, 0.6) is 0 Å². The minimum atomic E-state index is 0.262. The summed E-state index contributed by atoms with van der Waals surface area (Å²) in [5.41, 5.74) is 3.05. The fourth-order valence-electron chi connectivity index (χ4n) is 2.33. The van der Waals surface area contributed by atoms with Gasteiger partial charge in [-0.15, -0.1) is 11.3 Å². The van der Waals surface area contributed by atoms with E-state index in [9.17, 15) is 0 Å². The summed E-state index contributed by atoms with van der Waals surface area (Å²) in [6.07, 6.45) is 0. The maximum Gasteiger partial charge on any atom is 0.0900 e. The number of aryl methyl sites for hydroxylation is 4. The van der Waals surface area contributed by atoms with Gasteiger partial charge in [0, 0.05) is 24.0 Å². The molecule has 2 rings (SSSR count). The topological polar surface area (TPSA) is 42.7 Å². The molecular formula is C14H21ClN4S. The lowest BCUT2D eigenvalue weighted by Crippen LogP contribution is -2.20. The maximum absolute atomic E-state index is 6.32. The van der Waals surface area contributed by atoms with E-state index in [4.69, 9.17) is 11.6 Å². The Morgan fingerprint density at radius 3 is 2.55 bits per heavy atom. The Kier molecular flexibility index (Phi) is 4.83. The van der Waals surface area contributed by atoms with Crippen LogP contribution in [0.3, 0.4) is 0 Å². The Morgan fingerprint density at radius 1 is 1.30 bits per heavy atom. The van der Waals surface area contributed by atoms with E-state index in [1.807, 2.05) is 18.5 Å². The molecular weight excluding hydrogens is 292 g/mol. The van der Waals surface area contributed by atoms with Gasteiger partial charge in [0.05, 0.1) is 27.1 Å². The second-order valence-corrected chi connectivity index (χ2v) is 6.56. The highest BCUT2D eigenvalue weighted by Crippen LogP contribution is 2.26. The molecule has 2 aromatic rings. The van der Waals surface area contributed by atoms with E-state index >= 15 is 0 Å². The van der Waals surface area contributed by atoms with Crippen LogP contribution in [-0.4, -0.2) is 14.8 Å². The van der Waals surface area contributed by atoms with Crippen LogP contribution in [0.25, 0.3) is 0 Å². The van der Waals surface area contributed by atoms with Crippen molar-refractivity contribution in [3.8, 4) is 0 Å². The maximum atomic E-state index is 6.32. The van der Waals surface area contributed by atoms with Crippen LogP contribution in [-0.2, 0) is 13.1 Å². The number of hydrogen-bond acceptors (Lipinski definition) is 4. The molecule has 0 fully saturated rings. The fourth-order valence-corrected chi connectivity index (χ4v) is 3.49. The van der Waals surface area contributed by atoms with E-state index in [1.54, 1.807) is 11.3 Å². The third kappa shape index (κ3) is 3.05. The summed E-state index contributed by atoms with van der Waals surface area (Å²) >= 11 is 8.07. The Bertz CT molecular complexity index is 603. The van der Waals surface area contributed by atoms with Gasteiger partial charge in [0.2, 0.25) is 0 Å². The van der Waals surface area contributed by atoms with Crippen molar-refractivity contribution in [1.82, 2.24) is 20.1 Å². The van der Waals surface area contributed by atoms with Crippen LogP contribution in [0.2, 0.25) is 5.02 Å². The van der Waals surface area contributed by atoms with Gasteiger partial charge in [0.1, 0.15) is 0 Å². The predicted octanol–water partition coefficient (Wildman–Crippen LogP) is 3.79. The van der Waals surface area contributed by atoms with Gasteiger partial charge in [-0.3, -0.25) is 4.68 Å². The van der Waals surface area contributed by atoms with Crippen molar-refractivity contribution in [2.75, 3.05) is 0 Å². The smallest absolute Gasteiger partial charge is 0.0900 e. The monoisotopic (exact) mass is 312 g/mol.